The Morgan fingerprint density at radius 3 is 2.83 bits per heavy atom. The molecule has 1 amide bonds. The van der Waals surface area contributed by atoms with Gasteiger partial charge in [-0.1, -0.05) is 6.42 Å². The van der Waals surface area contributed by atoms with Crippen molar-refractivity contribution in [3.63, 3.8) is 0 Å². The van der Waals surface area contributed by atoms with Crippen LogP contribution in [0.5, 0.6) is 11.5 Å². The van der Waals surface area contributed by atoms with E-state index in [0.29, 0.717) is 29.6 Å². The summed E-state index contributed by atoms with van der Waals surface area (Å²) in [4.78, 5) is 14.8. The van der Waals surface area contributed by atoms with Gasteiger partial charge in [-0.2, -0.15) is 0 Å². The number of carbonyl (C=O) groups excluding carboxylic acids is 1. The number of hydrogen-bond donors (Lipinski definition) is 1. The topological polar surface area (TPSA) is 50.8 Å². The van der Waals surface area contributed by atoms with Crippen molar-refractivity contribution in [2.45, 2.75) is 38.6 Å². The van der Waals surface area contributed by atoms with E-state index in [1.165, 1.54) is 25.8 Å². The van der Waals surface area contributed by atoms with Crippen molar-refractivity contribution in [3.05, 3.63) is 23.8 Å². The second-order valence-electron chi connectivity index (χ2n) is 6.06. The van der Waals surface area contributed by atoms with Crippen LogP contribution < -0.4 is 14.8 Å². The molecule has 0 aromatic heterocycles. The third kappa shape index (κ3) is 4.86. The van der Waals surface area contributed by atoms with Gasteiger partial charge >= 0.3 is 0 Å². The number of nitrogens with zero attached hydrogens (tertiary/aromatic N) is 1. The molecule has 2 rings (SSSR count). The highest BCUT2D eigenvalue weighted by Gasteiger charge is 2.17. The molecule has 0 aliphatic carbocycles. The third-order valence-corrected chi connectivity index (χ3v) is 4.50. The Morgan fingerprint density at radius 1 is 1.30 bits per heavy atom. The molecule has 1 aromatic rings. The molecule has 1 aromatic carbocycles. The van der Waals surface area contributed by atoms with Crippen LogP contribution in [0, 0.1) is 0 Å². The zero-order chi connectivity index (χ0) is 16.7. The fraction of sp³-hybridized carbons (Fsp3) is 0.611. The maximum Gasteiger partial charge on any atom is 0.255 e. The third-order valence-electron chi connectivity index (χ3n) is 4.50. The second-order valence-corrected chi connectivity index (χ2v) is 6.06. The standard InChI is InChI=1S/C18H28N2O3/c1-14-7-4-5-11-20(14)12-6-10-19-18(21)16-9-8-15(22-2)13-17(16)23-3/h8-9,13-14H,4-7,10-12H2,1-3H3,(H,19,21)/t14-/m1/s1. The minimum Gasteiger partial charge on any atom is -0.497 e. The van der Waals surface area contributed by atoms with E-state index in [9.17, 15) is 4.79 Å². The van der Waals surface area contributed by atoms with Gasteiger partial charge in [0, 0.05) is 25.2 Å². The monoisotopic (exact) mass is 320 g/mol. The molecule has 0 radical (unpaired) electrons. The molecule has 1 aliphatic heterocycles. The fourth-order valence-corrected chi connectivity index (χ4v) is 3.06. The molecule has 1 atom stereocenters. The molecule has 0 unspecified atom stereocenters. The molecule has 1 fully saturated rings. The highest BCUT2D eigenvalue weighted by atomic mass is 16.5. The van der Waals surface area contributed by atoms with Crippen LogP contribution in [0.25, 0.3) is 0 Å². The Hall–Kier alpha value is -1.75. The van der Waals surface area contributed by atoms with Crippen LogP contribution in [0.1, 0.15) is 43.0 Å². The van der Waals surface area contributed by atoms with E-state index in [0.717, 1.165) is 13.0 Å². The predicted molar refractivity (Wildman–Crippen MR) is 91.4 cm³/mol. The van der Waals surface area contributed by atoms with Crippen LogP contribution in [0.4, 0.5) is 0 Å². The lowest BCUT2D eigenvalue weighted by Crippen LogP contribution is -2.39. The predicted octanol–water partition coefficient (Wildman–Crippen LogP) is 2.70. The van der Waals surface area contributed by atoms with Gasteiger partial charge in [0.2, 0.25) is 0 Å². The van der Waals surface area contributed by atoms with Gasteiger partial charge in [-0.05, 0) is 44.9 Å². The normalized spacial score (nSPS) is 18.5. The maximum absolute atomic E-state index is 12.3. The molecule has 1 N–H and O–H groups in total. The number of ether oxygens (including phenoxy) is 2. The number of nitrogens with one attached hydrogen (secondary N) is 1. The number of hydrogen-bond acceptors (Lipinski definition) is 4. The molecule has 1 aliphatic rings. The number of amides is 1. The van der Waals surface area contributed by atoms with E-state index in [1.807, 2.05) is 0 Å². The molecule has 5 heteroatoms. The quantitative estimate of drug-likeness (QED) is 0.785. The summed E-state index contributed by atoms with van der Waals surface area (Å²) in [5.41, 5.74) is 0.541. The second kappa shape index (κ2) is 8.77. The van der Waals surface area contributed by atoms with E-state index in [2.05, 4.69) is 17.1 Å². The number of rotatable bonds is 7. The highest BCUT2D eigenvalue weighted by Crippen LogP contribution is 2.24. The molecule has 0 saturated carbocycles. The number of likely N-dealkylation sites (tertiary alicyclic amines) is 1. The lowest BCUT2D eigenvalue weighted by molar-refractivity contribution is 0.0946. The number of piperidine rings is 1. The minimum atomic E-state index is -0.101. The van der Waals surface area contributed by atoms with E-state index < -0.39 is 0 Å². The molecule has 1 heterocycles. The summed E-state index contributed by atoms with van der Waals surface area (Å²) in [6.07, 6.45) is 4.88. The molecular weight excluding hydrogens is 292 g/mol. The van der Waals surface area contributed by atoms with Gasteiger partial charge < -0.3 is 19.7 Å². The molecule has 0 spiro atoms. The SMILES string of the molecule is COc1ccc(C(=O)NCCCN2CCCC[C@H]2C)c(OC)c1. The van der Waals surface area contributed by atoms with E-state index >= 15 is 0 Å². The van der Waals surface area contributed by atoms with Crippen LogP contribution in [0.2, 0.25) is 0 Å². The zero-order valence-corrected chi connectivity index (χ0v) is 14.4. The zero-order valence-electron chi connectivity index (χ0n) is 14.4. The van der Waals surface area contributed by atoms with Gasteiger partial charge in [-0.25, -0.2) is 0 Å². The van der Waals surface area contributed by atoms with Crippen LogP contribution in [-0.2, 0) is 0 Å². The van der Waals surface area contributed by atoms with Gasteiger partial charge in [0.15, 0.2) is 0 Å². The Balaban J connectivity index is 1.80. The van der Waals surface area contributed by atoms with Crippen molar-refractivity contribution in [1.82, 2.24) is 10.2 Å². The Kier molecular flexibility index (Phi) is 6.71. The molecule has 23 heavy (non-hydrogen) atoms. The van der Waals surface area contributed by atoms with Crippen molar-refractivity contribution in [2.24, 2.45) is 0 Å². The smallest absolute Gasteiger partial charge is 0.255 e. The fourth-order valence-electron chi connectivity index (χ4n) is 3.06. The first kappa shape index (κ1) is 17.6. The molecule has 0 bridgehead atoms. The maximum atomic E-state index is 12.3. The lowest BCUT2D eigenvalue weighted by atomic mass is 10.0. The number of methoxy groups -OCH3 is 2. The van der Waals surface area contributed by atoms with Crippen molar-refractivity contribution in [3.8, 4) is 11.5 Å². The van der Waals surface area contributed by atoms with E-state index in [4.69, 9.17) is 9.47 Å². The summed E-state index contributed by atoms with van der Waals surface area (Å²) >= 11 is 0. The molecule has 5 nitrogen and oxygen atoms in total. The van der Waals surface area contributed by atoms with Gasteiger partial charge in [0.1, 0.15) is 11.5 Å². The Bertz CT molecular complexity index is 519. The van der Waals surface area contributed by atoms with Gasteiger partial charge in [0.05, 0.1) is 19.8 Å². The number of benzene rings is 1. The number of carbonyl (C=O) groups is 1. The molecule has 128 valence electrons. The van der Waals surface area contributed by atoms with Crippen LogP contribution >= 0.6 is 0 Å². The summed E-state index contributed by atoms with van der Waals surface area (Å²) in [7, 11) is 3.15. The Labute approximate surface area is 139 Å². The first-order valence-corrected chi connectivity index (χ1v) is 8.40. The van der Waals surface area contributed by atoms with Crippen molar-refractivity contribution >= 4 is 5.91 Å². The first-order chi connectivity index (χ1) is 11.2. The Morgan fingerprint density at radius 2 is 2.13 bits per heavy atom. The summed E-state index contributed by atoms with van der Waals surface area (Å²) in [5.74, 6) is 1.11. The van der Waals surface area contributed by atoms with Gasteiger partial charge in [-0.3, -0.25) is 4.79 Å². The van der Waals surface area contributed by atoms with E-state index in [-0.39, 0.29) is 5.91 Å². The van der Waals surface area contributed by atoms with Gasteiger partial charge in [0.25, 0.3) is 5.91 Å². The highest BCUT2D eigenvalue weighted by molar-refractivity contribution is 5.97. The molecular formula is C18H28N2O3. The summed E-state index contributed by atoms with van der Waals surface area (Å²) in [6.45, 7) is 5.19. The summed E-state index contributed by atoms with van der Waals surface area (Å²) in [5, 5.41) is 2.98. The first-order valence-electron chi connectivity index (χ1n) is 8.40. The van der Waals surface area contributed by atoms with Crippen molar-refractivity contribution < 1.29 is 14.3 Å². The largest absolute Gasteiger partial charge is 0.497 e. The summed E-state index contributed by atoms with van der Waals surface area (Å²) < 4.78 is 10.4. The minimum absolute atomic E-state index is 0.101. The van der Waals surface area contributed by atoms with Crippen LogP contribution in [0.3, 0.4) is 0 Å². The molecule has 1 saturated heterocycles. The average Bonchev–Trinajstić information content (AvgIpc) is 2.59. The van der Waals surface area contributed by atoms with Crippen LogP contribution in [0.15, 0.2) is 18.2 Å². The van der Waals surface area contributed by atoms with Crippen molar-refractivity contribution in [2.75, 3.05) is 33.9 Å². The van der Waals surface area contributed by atoms with Gasteiger partial charge in [-0.15, -0.1) is 0 Å². The van der Waals surface area contributed by atoms with Crippen LogP contribution in [-0.4, -0.2) is 50.7 Å². The average molecular weight is 320 g/mol. The van der Waals surface area contributed by atoms with Crippen molar-refractivity contribution in [1.29, 1.82) is 0 Å². The van der Waals surface area contributed by atoms with E-state index in [1.54, 1.807) is 32.4 Å². The summed E-state index contributed by atoms with van der Waals surface area (Å²) in [6, 6.07) is 5.90. The lowest BCUT2D eigenvalue weighted by Gasteiger charge is -2.33.